The fourth-order valence-electron chi connectivity index (χ4n) is 1.08. The molecule has 2 aromatic rings. The van der Waals surface area contributed by atoms with E-state index >= 15 is 0 Å². The number of hydrogen-bond donors (Lipinski definition) is 0. The highest BCUT2D eigenvalue weighted by atomic mass is 79.9. The Morgan fingerprint density at radius 1 is 1.20 bits per heavy atom. The molecule has 0 radical (unpaired) electrons. The van der Waals surface area contributed by atoms with Gasteiger partial charge in [-0.2, -0.15) is 0 Å². The SMILES string of the molecule is Clc1cnc(Oc2ccccc2)c(Br)c1. The molecule has 0 unspecified atom stereocenters. The predicted octanol–water partition coefficient (Wildman–Crippen LogP) is 4.29. The molecule has 4 heteroatoms. The van der Waals surface area contributed by atoms with Gasteiger partial charge in [-0.15, -0.1) is 0 Å². The Bertz CT molecular complexity index is 461. The number of para-hydroxylation sites is 1. The van der Waals surface area contributed by atoms with Crippen molar-refractivity contribution in [2.75, 3.05) is 0 Å². The smallest absolute Gasteiger partial charge is 0.233 e. The Hall–Kier alpha value is -1.06. The molecule has 2 nitrogen and oxygen atoms in total. The van der Waals surface area contributed by atoms with Gasteiger partial charge in [0.25, 0.3) is 0 Å². The summed E-state index contributed by atoms with van der Waals surface area (Å²) < 4.78 is 6.28. The fraction of sp³-hybridized carbons (Fsp3) is 0. The van der Waals surface area contributed by atoms with Gasteiger partial charge in [-0.1, -0.05) is 29.8 Å². The molecule has 15 heavy (non-hydrogen) atoms. The number of halogens is 2. The third kappa shape index (κ3) is 2.70. The standard InChI is InChI=1S/C11H7BrClNO/c12-10-6-8(13)7-14-11(10)15-9-4-2-1-3-5-9/h1-7H. The first kappa shape index (κ1) is 10.5. The van der Waals surface area contributed by atoms with Crippen molar-refractivity contribution >= 4 is 27.5 Å². The lowest BCUT2D eigenvalue weighted by molar-refractivity contribution is 0.459. The van der Waals surface area contributed by atoms with E-state index in [1.54, 1.807) is 12.3 Å². The van der Waals surface area contributed by atoms with Crippen LogP contribution in [-0.2, 0) is 0 Å². The lowest BCUT2D eigenvalue weighted by Crippen LogP contribution is -1.88. The molecule has 0 N–H and O–H groups in total. The predicted molar refractivity (Wildman–Crippen MR) is 63.5 cm³/mol. The second-order valence-electron chi connectivity index (χ2n) is 2.86. The Balaban J connectivity index is 2.25. The van der Waals surface area contributed by atoms with Crippen LogP contribution in [0.4, 0.5) is 0 Å². The second kappa shape index (κ2) is 4.64. The number of nitrogens with zero attached hydrogens (tertiary/aromatic N) is 1. The Morgan fingerprint density at radius 2 is 1.93 bits per heavy atom. The first-order valence-electron chi connectivity index (χ1n) is 4.29. The van der Waals surface area contributed by atoms with Gasteiger partial charge in [-0.3, -0.25) is 0 Å². The lowest BCUT2D eigenvalue weighted by atomic mass is 10.3. The summed E-state index contributed by atoms with van der Waals surface area (Å²) >= 11 is 9.10. The molecule has 0 bridgehead atoms. The van der Waals surface area contributed by atoms with Gasteiger partial charge in [0.05, 0.1) is 9.50 Å². The molecule has 0 aliphatic rings. The van der Waals surface area contributed by atoms with E-state index < -0.39 is 0 Å². The highest BCUT2D eigenvalue weighted by Crippen LogP contribution is 2.28. The van der Waals surface area contributed by atoms with Crippen LogP contribution in [0.5, 0.6) is 11.6 Å². The van der Waals surface area contributed by atoms with Gasteiger partial charge < -0.3 is 4.74 Å². The molecule has 0 fully saturated rings. The van der Waals surface area contributed by atoms with Crippen LogP contribution in [0, 0.1) is 0 Å². The minimum Gasteiger partial charge on any atom is -0.438 e. The summed E-state index contributed by atoms with van der Waals surface area (Å²) in [6.07, 6.45) is 1.55. The van der Waals surface area contributed by atoms with E-state index in [4.69, 9.17) is 16.3 Å². The van der Waals surface area contributed by atoms with Crippen molar-refractivity contribution in [1.29, 1.82) is 0 Å². The molecule has 0 saturated heterocycles. The van der Waals surface area contributed by atoms with E-state index in [1.165, 1.54) is 0 Å². The minimum atomic E-state index is 0.505. The summed E-state index contributed by atoms with van der Waals surface area (Å²) in [5, 5.41) is 0.572. The Kier molecular flexibility index (Phi) is 3.23. The monoisotopic (exact) mass is 283 g/mol. The number of rotatable bonds is 2. The van der Waals surface area contributed by atoms with Gasteiger partial charge in [-0.25, -0.2) is 4.98 Å². The molecule has 2 rings (SSSR count). The van der Waals surface area contributed by atoms with Crippen LogP contribution in [0.1, 0.15) is 0 Å². The molecule has 1 aromatic carbocycles. The maximum atomic E-state index is 5.77. The summed E-state index contributed by atoms with van der Waals surface area (Å²) in [6, 6.07) is 11.2. The average Bonchev–Trinajstić information content (AvgIpc) is 2.24. The van der Waals surface area contributed by atoms with Crippen LogP contribution in [0.15, 0.2) is 47.1 Å². The highest BCUT2D eigenvalue weighted by Gasteiger charge is 2.04. The largest absolute Gasteiger partial charge is 0.438 e. The Morgan fingerprint density at radius 3 is 2.60 bits per heavy atom. The zero-order valence-electron chi connectivity index (χ0n) is 7.65. The van der Waals surface area contributed by atoms with Crippen molar-refractivity contribution < 1.29 is 4.74 Å². The van der Waals surface area contributed by atoms with E-state index in [-0.39, 0.29) is 0 Å². The molecule has 1 heterocycles. The lowest BCUT2D eigenvalue weighted by Gasteiger charge is -2.05. The van der Waals surface area contributed by atoms with Crippen molar-refractivity contribution in [3.63, 3.8) is 0 Å². The van der Waals surface area contributed by atoms with Gasteiger partial charge in [0.15, 0.2) is 0 Å². The van der Waals surface area contributed by atoms with Gasteiger partial charge in [0.1, 0.15) is 5.75 Å². The fourth-order valence-corrected chi connectivity index (χ4v) is 1.80. The van der Waals surface area contributed by atoms with Crippen molar-refractivity contribution in [2.24, 2.45) is 0 Å². The van der Waals surface area contributed by atoms with Crippen LogP contribution >= 0.6 is 27.5 Å². The maximum Gasteiger partial charge on any atom is 0.233 e. The quantitative estimate of drug-likeness (QED) is 0.821. The molecule has 0 amide bonds. The topological polar surface area (TPSA) is 22.1 Å². The normalized spacial score (nSPS) is 10.0. The molecule has 76 valence electrons. The van der Waals surface area contributed by atoms with Crippen LogP contribution in [0.25, 0.3) is 0 Å². The summed E-state index contributed by atoms with van der Waals surface area (Å²) in [5.41, 5.74) is 0. The molecular formula is C11H7BrClNO. The van der Waals surface area contributed by atoms with Crippen molar-refractivity contribution in [3.05, 3.63) is 52.1 Å². The van der Waals surface area contributed by atoms with Crippen LogP contribution in [0.3, 0.4) is 0 Å². The van der Waals surface area contributed by atoms with E-state index in [0.29, 0.717) is 10.9 Å². The van der Waals surface area contributed by atoms with E-state index in [0.717, 1.165) is 10.2 Å². The second-order valence-corrected chi connectivity index (χ2v) is 4.15. The maximum absolute atomic E-state index is 5.77. The number of pyridine rings is 1. The van der Waals surface area contributed by atoms with Gasteiger partial charge in [0.2, 0.25) is 5.88 Å². The molecule has 1 aromatic heterocycles. The molecule has 0 aliphatic carbocycles. The summed E-state index contributed by atoms with van der Waals surface area (Å²) in [5.74, 6) is 1.25. The molecule has 0 atom stereocenters. The molecule has 0 aliphatic heterocycles. The van der Waals surface area contributed by atoms with Gasteiger partial charge in [0, 0.05) is 6.20 Å². The van der Waals surface area contributed by atoms with Crippen LogP contribution in [0.2, 0.25) is 5.02 Å². The molecule has 0 saturated carbocycles. The van der Waals surface area contributed by atoms with Crippen molar-refractivity contribution in [1.82, 2.24) is 4.98 Å². The van der Waals surface area contributed by atoms with E-state index in [9.17, 15) is 0 Å². The minimum absolute atomic E-state index is 0.505. The van der Waals surface area contributed by atoms with Crippen molar-refractivity contribution in [3.8, 4) is 11.6 Å². The number of aromatic nitrogens is 1. The Labute approximate surface area is 101 Å². The van der Waals surface area contributed by atoms with Gasteiger partial charge in [-0.05, 0) is 34.1 Å². The summed E-state index contributed by atoms with van der Waals surface area (Å²) in [7, 11) is 0. The average molecular weight is 285 g/mol. The summed E-state index contributed by atoms with van der Waals surface area (Å²) in [4.78, 5) is 4.07. The van der Waals surface area contributed by atoms with Crippen LogP contribution < -0.4 is 4.74 Å². The number of benzene rings is 1. The first-order chi connectivity index (χ1) is 7.25. The molecule has 0 spiro atoms. The zero-order chi connectivity index (χ0) is 10.7. The third-order valence-corrected chi connectivity index (χ3v) is 2.51. The van der Waals surface area contributed by atoms with Crippen LogP contribution in [-0.4, -0.2) is 4.98 Å². The van der Waals surface area contributed by atoms with Gasteiger partial charge >= 0.3 is 0 Å². The van der Waals surface area contributed by atoms with E-state index in [1.807, 2.05) is 30.3 Å². The number of ether oxygens (including phenoxy) is 1. The number of hydrogen-bond acceptors (Lipinski definition) is 2. The molecular weight excluding hydrogens is 277 g/mol. The third-order valence-electron chi connectivity index (χ3n) is 1.73. The van der Waals surface area contributed by atoms with E-state index in [2.05, 4.69) is 20.9 Å². The highest BCUT2D eigenvalue weighted by molar-refractivity contribution is 9.10. The zero-order valence-corrected chi connectivity index (χ0v) is 9.99. The summed E-state index contributed by atoms with van der Waals surface area (Å²) in [6.45, 7) is 0. The van der Waals surface area contributed by atoms with Crippen molar-refractivity contribution in [2.45, 2.75) is 0 Å². The first-order valence-corrected chi connectivity index (χ1v) is 5.47.